The second-order valence-electron chi connectivity index (χ2n) is 9.11. The van der Waals surface area contributed by atoms with Crippen LogP contribution in [0, 0.1) is 5.92 Å². The van der Waals surface area contributed by atoms with Crippen molar-refractivity contribution < 1.29 is 0 Å². The Balaban J connectivity index is 1.88. The number of hydrogen-bond donors (Lipinski definition) is 5. The molecule has 0 saturated carbocycles. The molecule has 1 aliphatic heterocycles. The van der Waals surface area contributed by atoms with E-state index >= 15 is 0 Å². The zero-order valence-electron chi connectivity index (χ0n) is 21.0. The molecule has 0 radical (unpaired) electrons. The van der Waals surface area contributed by atoms with Crippen molar-refractivity contribution in [3.63, 3.8) is 0 Å². The van der Waals surface area contributed by atoms with E-state index in [9.17, 15) is 0 Å². The maximum Gasteiger partial charge on any atom is 0.121 e. The molecule has 2 aliphatic rings. The fourth-order valence-corrected chi connectivity index (χ4v) is 4.89. The molecular weight excluding hydrogens is 440 g/mol. The molecule has 0 aromatic heterocycles. The van der Waals surface area contributed by atoms with Crippen LogP contribution in [0.4, 0.5) is 5.69 Å². The van der Waals surface area contributed by atoms with Gasteiger partial charge < -0.3 is 22.1 Å². The summed E-state index contributed by atoms with van der Waals surface area (Å²) in [5.41, 5.74) is 20.0. The van der Waals surface area contributed by atoms with Crippen LogP contribution in [0.25, 0.3) is 5.57 Å². The van der Waals surface area contributed by atoms with Crippen LogP contribution in [0.3, 0.4) is 0 Å². The van der Waals surface area contributed by atoms with Gasteiger partial charge in [0.05, 0.1) is 11.7 Å². The zero-order chi connectivity index (χ0) is 24.3. The Morgan fingerprint density at radius 2 is 2.09 bits per heavy atom. The Kier molecular flexibility index (Phi) is 10.7. The number of unbranched alkanes of at least 4 members (excludes halogenated alkanes) is 1. The van der Waals surface area contributed by atoms with Gasteiger partial charge in [-0.1, -0.05) is 55.7 Å². The summed E-state index contributed by atoms with van der Waals surface area (Å²) in [5, 5.41) is 6.98. The summed E-state index contributed by atoms with van der Waals surface area (Å²) in [5.74, 6) is 0.935. The van der Waals surface area contributed by atoms with Gasteiger partial charge in [-0.25, -0.2) is 4.99 Å². The highest BCUT2D eigenvalue weighted by molar-refractivity contribution is 7.96. The fourth-order valence-electron chi connectivity index (χ4n) is 4.55. The highest BCUT2D eigenvalue weighted by atomic mass is 32.2. The second-order valence-corrected chi connectivity index (χ2v) is 9.81. The number of allylic oxidation sites excluding steroid dienone is 3. The monoisotopic (exact) mass is 482 g/mol. The quantitative estimate of drug-likeness (QED) is 0.215. The molecule has 34 heavy (non-hydrogen) atoms. The Hall–Kier alpha value is -2.06. The smallest absolute Gasteiger partial charge is 0.121 e. The number of likely N-dealkylation sites (N-methyl/N-ethyl adjacent to an activating group) is 1. The Bertz CT molecular complexity index is 933. The molecule has 1 heterocycles. The van der Waals surface area contributed by atoms with Gasteiger partial charge in [0.25, 0.3) is 0 Å². The number of amidine groups is 1. The third-order valence-electron chi connectivity index (χ3n) is 6.43. The van der Waals surface area contributed by atoms with Gasteiger partial charge in [-0.05, 0) is 68.5 Å². The molecule has 0 spiro atoms. The lowest BCUT2D eigenvalue weighted by Gasteiger charge is -2.29. The first-order chi connectivity index (χ1) is 16.6. The molecule has 1 aromatic carbocycles. The minimum absolute atomic E-state index is 0.392. The second kappa shape index (κ2) is 13.7. The number of aryl methyl sites for hydroxylation is 1. The van der Waals surface area contributed by atoms with Crippen LogP contribution in [-0.4, -0.2) is 44.8 Å². The standard InChI is InChI=1S/C27H42N6S/c1-4-5-14-31-24(17-20-8-10-21(11-9-20)18-30-2)25-22-13-12-19(7-6-15-32-34-3)16-23(22)33-27(29)26(25)28/h8,10-13,16,20,26,30-32H,4-7,9,14-15,17-18,28H2,1-3H3,(H2,29,33)/b25-24-. The molecular formula is C27H42N6S. The van der Waals surface area contributed by atoms with E-state index in [-0.39, 0.29) is 0 Å². The number of nitrogens with zero attached hydrogens (tertiary/aromatic N) is 1. The lowest BCUT2D eigenvalue weighted by atomic mass is 9.86. The van der Waals surface area contributed by atoms with E-state index < -0.39 is 6.04 Å². The van der Waals surface area contributed by atoms with Gasteiger partial charge in [-0.3, -0.25) is 4.72 Å². The molecule has 3 rings (SSSR count). The highest BCUT2D eigenvalue weighted by Crippen LogP contribution is 2.37. The van der Waals surface area contributed by atoms with E-state index in [1.54, 1.807) is 11.9 Å². The van der Waals surface area contributed by atoms with E-state index in [4.69, 9.17) is 16.5 Å². The van der Waals surface area contributed by atoms with Crippen LogP contribution in [0.2, 0.25) is 0 Å². The lowest BCUT2D eigenvalue weighted by molar-refractivity contribution is 0.593. The number of nitrogens with two attached hydrogens (primary N) is 2. The molecule has 7 N–H and O–H groups in total. The summed E-state index contributed by atoms with van der Waals surface area (Å²) in [4.78, 5) is 4.70. The predicted molar refractivity (Wildman–Crippen MR) is 149 cm³/mol. The van der Waals surface area contributed by atoms with E-state index in [1.807, 2.05) is 7.05 Å². The van der Waals surface area contributed by atoms with Crippen molar-refractivity contribution in [1.29, 1.82) is 0 Å². The van der Waals surface area contributed by atoms with Gasteiger partial charge >= 0.3 is 0 Å². The SMILES string of the molecule is CCCCN/C(CC1C=CC(CNC)=CC1)=C1/c2ccc(CCCNSC)cc2N=C(N)C1N. The predicted octanol–water partition coefficient (Wildman–Crippen LogP) is 4.03. The molecule has 6 nitrogen and oxygen atoms in total. The topological polar surface area (TPSA) is 100 Å². The third-order valence-corrected chi connectivity index (χ3v) is 6.92. The molecule has 2 unspecified atom stereocenters. The maximum atomic E-state index is 6.66. The molecule has 0 fully saturated rings. The van der Waals surface area contributed by atoms with Crippen molar-refractivity contribution in [3.8, 4) is 0 Å². The van der Waals surface area contributed by atoms with E-state index in [0.29, 0.717) is 11.8 Å². The number of aliphatic imine (C=N–C) groups is 1. The summed E-state index contributed by atoms with van der Waals surface area (Å²) < 4.78 is 3.31. The molecule has 186 valence electrons. The van der Waals surface area contributed by atoms with Crippen molar-refractivity contribution in [2.24, 2.45) is 22.4 Å². The number of nitrogens with one attached hydrogen (secondary N) is 3. The van der Waals surface area contributed by atoms with Crippen LogP contribution in [0.1, 0.15) is 50.2 Å². The van der Waals surface area contributed by atoms with Gasteiger partial charge in [0, 0.05) is 36.5 Å². The highest BCUT2D eigenvalue weighted by Gasteiger charge is 2.28. The number of benzene rings is 1. The Morgan fingerprint density at radius 1 is 1.24 bits per heavy atom. The van der Waals surface area contributed by atoms with E-state index in [0.717, 1.165) is 75.0 Å². The average molecular weight is 483 g/mol. The Morgan fingerprint density at radius 3 is 2.79 bits per heavy atom. The van der Waals surface area contributed by atoms with Crippen molar-refractivity contribution >= 4 is 29.0 Å². The van der Waals surface area contributed by atoms with Crippen LogP contribution >= 0.6 is 11.9 Å². The molecule has 7 heteroatoms. The van der Waals surface area contributed by atoms with E-state index in [1.165, 1.54) is 16.8 Å². The molecule has 1 aromatic rings. The minimum Gasteiger partial charge on any atom is -0.388 e. The first-order valence-electron chi connectivity index (χ1n) is 12.5. The van der Waals surface area contributed by atoms with Crippen molar-refractivity contribution in [3.05, 3.63) is 58.8 Å². The lowest BCUT2D eigenvalue weighted by Crippen LogP contribution is -2.41. The van der Waals surface area contributed by atoms with Crippen LogP contribution in [0.5, 0.6) is 0 Å². The van der Waals surface area contributed by atoms with Crippen molar-refractivity contribution in [2.75, 3.05) is 32.9 Å². The minimum atomic E-state index is -0.392. The first kappa shape index (κ1) is 26.5. The molecule has 0 amide bonds. The van der Waals surface area contributed by atoms with Gasteiger partial charge in [-0.2, -0.15) is 0 Å². The first-order valence-corrected chi connectivity index (χ1v) is 13.8. The van der Waals surface area contributed by atoms with Gasteiger partial charge in [0.15, 0.2) is 0 Å². The molecule has 0 bridgehead atoms. The number of fused-ring (bicyclic) bond motifs is 1. The fraction of sp³-hybridized carbons (Fsp3) is 0.519. The third kappa shape index (κ3) is 7.22. The molecule has 0 saturated heterocycles. The zero-order valence-corrected chi connectivity index (χ0v) is 21.8. The normalized spacial score (nSPS) is 21.1. The largest absolute Gasteiger partial charge is 0.388 e. The number of hydrogen-bond acceptors (Lipinski definition) is 7. The summed E-state index contributed by atoms with van der Waals surface area (Å²) in [7, 11) is 1.99. The summed E-state index contributed by atoms with van der Waals surface area (Å²) in [6.45, 7) is 5.05. The van der Waals surface area contributed by atoms with Gasteiger partial charge in [0.1, 0.15) is 5.84 Å². The van der Waals surface area contributed by atoms with Crippen LogP contribution < -0.4 is 26.8 Å². The molecule has 1 aliphatic carbocycles. The van der Waals surface area contributed by atoms with Crippen molar-refractivity contribution in [2.45, 2.75) is 51.5 Å². The average Bonchev–Trinajstić information content (AvgIpc) is 2.84. The summed E-state index contributed by atoms with van der Waals surface area (Å²) in [6, 6.07) is 6.21. The summed E-state index contributed by atoms with van der Waals surface area (Å²) >= 11 is 1.66. The van der Waals surface area contributed by atoms with Crippen LogP contribution in [-0.2, 0) is 6.42 Å². The van der Waals surface area contributed by atoms with Gasteiger partial charge in [-0.15, -0.1) is 0 Å². The van der Waals surface area contributed by atoms with Crippen LogP contribution in [0.15, 0.2) is 52.7 Å². The number of rotatable bonds is 13. The van der Waals surface area contributed by atoms with Crippen molar-refractivity contribution in [1.82, 2.24) is 15.4 Å². The van der Waals surface area contributed by atoms with E-state index in [2.05, 4.69) is 65.0 Å². The Labute approximate surface area is 209 Å². The molecule has 2 atom stereocenters. The summed E-state index contributed by atoms with van der Waals surface area (Å²) in [6.07, 6.45) is 15.3. The van der Waals surface area contributed by atoms with Gasteiger partial charge in [0.2, 0.25) is 0 Å². The maximum absolute atomic E-state index is 6.66.